The van der Waals surface area contributed by atoms with Crippen molar-refractivity contribution in [3.63, 3.8) is 0 Å². The molecule has 164 valence electrons. The van der Waals surface area contributed by atoms with E-state index < -0.39 is 26.6 Å². The Hall–Kier alpha value is -3.02. The van der Waals surface area contributed by atoms with E-state index in [0.717, 1.165) is 23.2 Å². The van der Waals surface area contributed by atoms with Crippen molar-refractivity contribution in [3.05, 3.63) is 71.4 Å². The second-order valence-electron chi connectivity index (χ2n) is 6.97. The zero-order chi connectivity index (χ0) is 22.9. The molecule has 2 N–H and O–H groups in total. The molecule has 7 nitrogen and oxygen atoms in total. The van der Waals surface area contributed by atoms with E-state index >= 15 is 0 Å². The summed E-state index contributed by atoms with van der Waals surface area (Å²) in [6.45, 7) is 0.118. The fourth-order valence-corrected chi connectivity index (χ4v) is 4.47. The standard InChI is InChI=1S/C20H17BClF2N5O2S/c21-14-11-26-29-19(10-17(28-20(14)29)13-3-1-2-4-15(13)22)25-7-8-27-32(30,31)18-6-5-12(23)9-16(18)24/h1-6,9-11,25,27H,7-8,21H2. The quantitative estimate of drug-likeness (QED) is 0.315. The van der Waals surface area contributed by atoms with Crippen LogP contribution in [0, 0.1) is 11.6 Å². The van der Waals surface area contributed by atoms with Gasteiger partial charge >= 0.3 is 0 Å². The molecule has 0 aliphatic rings. The molecule has 0 saturated carbocycles. The minimum atomic E-state index is -4.14. The number of hydrogen-bond donors (Lipinski definition) is 2. The van der Waals surface area contributed by atoms with Gasteiger partial charge in [-0.1, -0.05) is 29.8 Å². The largest absolute Gasteiger partial charge is 0.369 e. The Labute approximate surface area is 188 Å². The molecule has 2 aromatic heterocycles. The number of anilines is 1. The van der Waals surface area contributed by atoms with E-state index in [9.17, 15) is 17.2 Å². The van der Waals surface area contributed by atoms with Crippen LogP contribution in [0.5, 0.6) is 0 Å². The molecular formula is C20H17BClF2N5O2S. The molecule has 0 spiro atoms. The van der Waals surface area contributed by atoms with Gasteiger partial charge in [0, 0.05) is 42.0 Å². The highest BCUT2D eigenvalue weighted by atomic mass is 35.5. The lowest BCUT2D eigenvalue weighted by atomic mass is 10.0. The van der Waals surface area contributed by atoms with Crippen LogP contribution in [0.4, 0.5) is 14.6 Å². The number of sulfonamides is 1. The van der Waals surface area contributed by atoms with Crippen molar-refractivity contribution in [2.45, 2.75) is 4.90 Å². The van der Waals surface area contributed by atoms with Crippen molar-refractivity contribution in [2.75, 3.05) is 18.4 Å². The second kappa shape index (κ2) is 8.85. The van der Waals surface area contributed by atoms with Gasteiger partial charge in [0.2, 0.25) is 10.0 Å². The average Bonchev–Trinajstić information content (AvgIpc) is 3.12. The second-order valence-corrected chi connectivity index (χ2v) is 9.11. The fraction of sp³-hybridized carbons (Fsp3) is 0.100. The zero-order valence-electron chi connectivity index (χ0n) is 16.8. The van der Waals surface area contributed by atoms with Crippen molar-refractivity contribution in [3.8, 4) is 11.3 Å². The number of benzene rings is 2. The van der Waals surface area contributed by atoms with E-state index in [1.165, 1.54) is 0 Å². The first kappa shape index (κ1) is 22.2. The molecule has 0 bridgehead atoms. The smallest absolute Gasteiger partial charge is 0.243 e. The minimum Gasteiger partial charge on any atom is -0.369 e. The first-order chi connectivity index (χ1) is 15.3. The van der Waals surface area contributed by atoms with Crippen molar-refractivity contribution < 1.29 is 17.2 Å². The predicted octanol–water partition coefficient (Wildman–Crippen LogP) is 1.98. The summed E-state index contributed by atoms with van der Waals surface area (Å²) in [5.74, 6) is -1.43. The summed E-state index contributed by atoms with van der Waals surface area (Å²) in [4.78, 5) is 4.03. The first-order valence-electron chi connectivity index (χ1n) is 9.55. The maximum absolute atomic E-state index is 13.8. The van der Waals surface area contributed by atoms with E-state index in [2.05, 4.69) is 20.1 Å². The highest BCUT2D eigenvalue weighted by molar-refractivity contribution is 7.89. The van der Waals surface area contributed by atoms with Gasteiger partial charge in [0.05, 0.1) is 5.69 Å². The molecule has 4 aromatic rings. The number of aromatic nitrogens is 3. The third-order valence-electron chi connectivity index (χ3n) is 4.70. The number of fused-ring (bicyclic) bond motifs is 1. The van der Waals surface area contributed by atoms with Crippen molar-refractivity contribution in [1.29, 1.82) is 0 Å². The van der Waals surface area contributed by atoms with Crippen LogP contribution in [0.15, 0.2) is 59.6 Å². The van der Waals surface area contributed by atoms with E-state index in [0.29, 0.717) is 28.2 Å². The molecule has 0 fully saturated rings. The molecule has 0 saturated heterocycles. The lowest BCUT2D eigenvalue weighted by molar-refractivity contribution is 0.543. The SMILES string of the molecule is Bc1cnn2c(NCCNS(=O)(=O)c3ccc(F)cc3F)cc(-c3ccccc3Cl)nc12. The van der Waals surface area contributed by atoms with Gasteiger partial charge in [-0.2, -0.15) is 9.61 Å². The molecular weight excluding hydrogens is 459 g/mol. The van der Waals surface area contributed by atoms with E-state index in [1.54, 1.807) is 22.8 Å². The van der Waals surface area contributed by atoms with Gasteiger partial charge in [-0.05, 0) is 23.7 Å². The predicted molar refractivity (Wildman–Crippen MR) is 122 cm³/mol. The van der Waals surface area contributed by atoms with Gasteiger partial charge in [-0.25, -0.2) is 26.9 Å². The Kier molecular flexibility index (Phi) is 6.14. The van der Waals surface area contributed by atoms with Gasteiger partial charge < -0.3 is 5.32 Å². The van der Waals surface area contributed by atoms with Crippen LogP contribution in [0.2, 0.25) is 5.02 Å². The monoisotopic (exact) mass is 475 g/mol. The van der Waals surface area contributed by atoms with Gasteiger partial charge in [0.25, 0.3) is 0 Å². The van der Waals surface area contributed by atoms with Crippen LogP contribution < -0.4 is 15.5 Å². The van der Waals surface area contributed by atoms with Gasteiger partial charge in [-0.3, -0.25) is 0 Å². The van der Waals surface area contributed by atoms with Gasteiger partial charge in [0.1, 0.15) is 30.2 Å². The van der Waals surface area contributed by atoms with Crippen LogP contribution in [0.25, 0.3) is 16.9 Å². The Balaban J connectivity index is 1.54. The Bertz CT molecular complexity index is 1410. The summed E-state index contributed by atoms with van der Waals surface area (Å²) in [7, 11) is -2.27. The highest BCUT2D eigenvalue weighted by Crippen LogP contribution is 2.28. The van der Waals surface area contributed by atoms with E-state index in [4.69, 9.17) is 11.6 Å². The maximum atomic E-state index is 13.8. The summed E-state index contributed by atoms with van der Waals surface area (Å²) < 4.78 is 55.4. The number of rotatable bonds is 7. The lowest BCUT2D eigenvalue weighted by Gasteiger charge is -2.12. The molecule has 2 heterocycles. The summed E-state index contributed by atoms with van der Waals surface area (Å²) in [6.07, 6.45) is 1.67. The van der Waals surface area contributed by atoms with E-state index in [1.807, 2.05) is 26.0 Å². The van der Waals surface area contributed by atoms with Crippen LogP contribution in [-0.4, -0.2) is 44.0 Å². The third kappa shape index (κ3) is 4.45. The molecule has 32 heavy (non-hydrogen) atoms. The Morgan fingerprint density at radius 2 is 1.88 bits per heavy atom. The molecule has 0 amide bonds. The average molecular weight is 476 g/mol. The minimum absolute atomic E-state index is 0.0509. The molecule has 0 aliphatic heterocycles. The summed E-state index contributed by atoms with van der Waals surface area (Å²) >= 11 is 6.32. The number of halogens is 3. The molecule has 0 atom stereocenters. The van der Waals surface area contributed by atoms with Crippen LogP contribution >= 0.6 is 11.6 Å². The summed E-state index contributed by atoms with van der Waals surface area (Å²) in [6, 6.07) is 11.3. The number of nitrogens with one attached hydrogen (secondary N) is 2. The van der Waals surface area contributed by atoms with Crippen molar-refractivity contribution >= 4 is 46.4 Å². The summed E-state index contributed by atoms with van der Waals surface area (Å²) in [5.41, 5.74) is 2.85. The lowest BCUT2D eigenvalue weighted by Crippen LogP contribution is -2.30. The molecule has 0 unspecified atom stereocenters. The maximum Gasteiger partial charge on any atom is 0.243 e. The normalized spacial score (nSPS) is 11.7. The fourth-order valence-electron chi connectivity index (χ4n) is 3.15. The molecule has 0 aliphatic carbocycles. The molecule has 12 heteroatoms. The van der Waals surface area contributed by atoms with Crippen molar-refractivity contribution in [2.24, 2.45) is 0 Å². The van der Waals surface area contributed by atoms with Crippen molar-refractivity contribution in [1.82, 2.24) is 19.3 Å². The molecule has 2 aromatic carbocycles. The topological polar surface area (TPSA) is 88.4 Å². The van der Waals surface area contributed by atoms with Crippen LogP contribution in [0.1, 0.15) is 0 Å². The Morgan fingerprint density at radius 1 is 1.09 bits per heavy atom. The van der Waals surface area contributed by atoms with Crippen LogP contribution in [-0.2, 0) is 10.0 Å². The Morgan fingerprint density at radius 3 is 2.62 bits per heavy atom. The summed E-state index contributed by atoms with van der Waals surface area (Å²) in [5, 5.41) is 7.96. The van der Waals surface area contributed by atoms with Gasteiger partial charge in [-0.15, -0.1) is 0 Å². The highest BCUT2D eigenvalue weighted by Gasteiger charge is 2.19. The molecule has 4 rings (SSSR count). The van der Waals surface area contributed by atoms with Gasteiger partial charge in [0.15, 0.2) is 5.65 Å². The number of nitrogens with zero attached hydrogens (tertiary/aromatic N) is 3. The number of hydrogen-bond acceptors (Lipinski definition) is 5. The van der Waals surface area contributed by atoms with Crippen LogP contribution in [0.3, 0.4) is 0 Å². The molecule has 0 radical (unpaired) electrons. The zero-order valence-corrected chi connectivity index (χ0v) is 18.4. The first-order valence-corrected chi connectivity index (χ1v) is 11.4. The van der Waals surface area contributed by atoms with E-state index in [-0.39, 0.29) is 13.1 Å². The third-order valence-corrected chi connectivity index (χ3v) is 6.53.